The summed E-state index contributed by atoms with van der Waals surface area (Å²) in [6.45, 7) is 4.15. The predicted octanol–water partition coefficient (Wildman–Crippen LogP) is 5.24. The number of rotatable bonds is 3. The predicted molar refractivity (Wildman–Crippen MR) is 132 cm³/mol. The smallest absolute Gasteiger partial charge is 0.337 e. The zero-order valence-corrected chi connectivity index (χ0v) is 19.6. The molecular formula is C28H24N4O3. The van der Waals surface area contributed by atoms with Crippen molar-refractivity contribution in [3.63, 3.8) is 0 Å². The van der Waals surface area contributed by atoms with Crippen LogP contribution >= 0.6 is 0 Å². The van der Waals surface area contributed by atoms with Crippen molar-refractivity contribution < 1.29 is 14.3 Å². The number of anilines is 1. The fraction of sp³-hybridized carbons (Fsp3) is 0.179. The summed E-state index contributed by atoms with van der Waals surface area (Å²) < 4.78 is 13.4. The summed E-state index contributed by atoms with van der Waals surface area (Å²) in [6, 6.07) is 21.8. The van der Waals surface area contributed by atoms with Gasteiger partial charge in [-0.15, -0.1) is 0 Å². The quantitative estimate of drug-likeness (QED) is 0.418. The molecule has 0 bridgehead atoms. The summed E-state index contributed by atoms with van der Waals surface area (Å²) in [6.07, 6.45) is 1.17. The number of aryl methyl sites for hydroxylation is 2. The zero-order chi connectivity index (χ0) is 24.1. The molecule has 2 aliphatic heterocycles. The minimum absolute atomic E-state index is 0.219. The van der Waals surface area contributed by atoms with Crippen molar-refractivity contribution in [3.05, 3.63) is 112 Å². The second-order valence-electron chi connectivity index (χ2n) is 8.91. The Hall–Kier alpha value is -4.39. The summed E-state index contributed by atoms with van der Waals surface area (Å²) in [4.78, 5) is 16.5. The number of nitrogens with one attached hydrogen (secondary N) is 1. The molecule has 0 amide bonds. The van der Waals surface area contributed by atoms with Gasteiger partial charge < -0.3 is 14.8 Å². The van der Waals surface area contributed by atoms with E-state index in [1.54, 1.807) is 18.5 Å². The lowest BCUT2D eigenvalue weighted by Crippen LogP contribution is -2.32. The summed E-state index contributed by atoms with van der Waals surface area (Å²) in [5.74, 6) is 1.11. The Kier molecular flexibility index (Phi) is 4.91. The molecule has 0 fully saturated rings. The third-order valence-electron chi connectivity index (χ3n) is 6.60. The number of methoxy groups -OCH3 is 1. The van der Waals surface area contributed by atoms with Crippen LogP contribution in [0.2, 0.25) is 0 Å². The molecule has 174 valence electrons. The zero-order valence-electron chi connectivity index (χ0n) is 19.6. The van der Waals surface area contributed by atoms with Crippen molar-refractivity contribution in [3.8, 4) is 5.75 Å². The van der Waals surface area contributed by atoms with E-state index in [2.05, 4.69) is 59.6 Å². The molecule has 0 radical (unpaired) electrons. The van der Waals surface area contributed by atoms with E-state index in [1.807, 2.05) is 28.9 Å². The molecule has 7 heteroatoms. The number of aromatic nitrogens is 3. The van der Waals surface area contributed by atoms with Crippen molar-refractivity contribution in [2.24, 2.45) is 0 Å². The normalized spacial score (nSPS) is 18.0. The van der Waals surface area contributed by atoms with E-state index >= 15 is 0 Å². The lowest BCUT2D eigenvalue weighted by molar-refractivity contribution is 0.0600. The first-order valence-corrected chi connectivity index (χ1v) is 11.5. The number of carbonyl (C=O) groups is 1. The molecule has 4 aromatic rings. The van der Waals surface area contributed by atoms with E-state index in [9.17, 15) is 4.79 Å². The van der Waals surface area contributed by atoms with Crippen molar-refractivity contribution in [1.29, 1.82) is 0 Å². The highest BCUT2D eigenvalue weighted by Gasteiger charge is 2.41. The van der Waals surface area contributed by atoms with Crippen LogP contribution in [0.5, 0.6) is 5.75 Å². The van der Waals surface area contributed by atoms with Crippen molar-refractivity contribution in [1.82, 2.24) is 14.8 Å². The van der Waals surface area contributed by atoms with Gasteiger partial charge in [-0.3, -0.25) is 0 Å². The monoisotopic (exact) mass is 464 g/mol. The standard InChI is InChI=1S/C28H24N4O3/c1-16-4-7-18(8-5-16)25-23-24(31-28-29-15-30-32(25)28)21-14-17(2)6-13-22(21)35-26(23)19-9-11-20(12-10-19)27(33)34-3/h4-15,25-26H,1-3H3,(H,29,30,31)/t25-,26+/m1/s1. The van der Waals surface area contributed by atoms with Gasteiger partial charge in [0.2, 0.25) is 5.95 Å². The molecule has 6 rings (SSSR count). The van der Waals surface area contributed by atoms with Crippen LogP contribution in [0.4, 0.5) is 5.95 Å². The molecule has 3 aromatic carbocycles. The first kappa shape index (κ1) is 21.2. The van der Waals surface area contributed by atoms with Gasteiger partial charge in [-0.05, 0) is 49.2 Å². The molecule has 1 aromatic heterocycles. The minimum atomic E-state index is -0.400. The van der Waals surface area contributed by atoms with Crippen LogP contribution in [-0.2, 0) is 4.74 Å². The lowest BCUT2D eigenvalue weighted by atomic mass is 9.84. The minimum Gasteiger partial charge on any atom is -0.480 e. The van der Waals surface area contributed by atoms with Crippen LogP contribution < -0.4 is 10.1 Å². The maximum atomic E-state index is 12.0. The van der Waals surface area contributed by atoms with Gasteiger partial charge in [0, 0.05) is 11.1 Å². The fourth-order valence-electron chi connectivity index (χ4n) is 4.84. The molecule has 7 nitrogen and oxygen atoms in total. The van der Waals surface area contributed by atoms with E-state index in [-0.39, 0.29) is 12.0 Å². The largest absolute Gasteiger partial charge is 0.480 e. The number of nitrogens with zero attached hydrogens (tertiary/aromatic N) is 3. The topological polar surface area (TPSA) is 78.3 Å². The lowest BCUT2D eigenvalue weighted by Gasteiger charge is -2.39. The molecule has 0 unspecified atom stereocenters. The molecule has 2 aliphatic rings. The van der Waals surface area contributed by atoms with Crippen LogP contribution in [0, 0.1) is 13.8 Å². The van der Waals surface area contributed by atoms with E-state index in [0.29, 0.717) is 11.5 Å². The van der Waals surface area contributed by atoms with Gasteiger partial charge in [-0.25, -0.2) is 9.48 Å². The SMILES string of the molecule is COC(=O)c1ccc([C@@H]2Oc3ccc(C)cc3C3=C2[C@@H](c2ccc(C)cc2)n2ncnc2N3)cc1. The van der Waals surface area contributed by atoms with Gasteiger partial charge in [0.25, 0.3) is 0 Å². The maximum Gasteiger partial charge on any atom is 0.337 e. The number of ether oxygens (including phenoxy) is 2. The number of carbonyl (C=O) groups excluding carboxylic acids is 1. The molecule has 35 heavy (non-hydrogen) atoms. The Bertz CT molecular complexity index is 1470. The van der Waals surface area contributed by atoms with Gasteiger partial charge in [0.1, 0.15) is 24.2 Å². The van der Waals surface area contributed by atoms with Gasteiger partial charge >= 0.3 is 5.97 Å². The van der Waals surface area contributed by atoms with Gasteiger partial charge in [0.05, 0.1) is 18.4 Å². The summed E-state index contributed by atoms with van der Waals surface area (Å²) in [5, 5.41) is 8.10. The van der Waals surface area contributed by atoms with Gasteiger partial charge in [-0.2, -0.15) is 10.1 Å². The van der Waals surface area contributed by atoms with E-state index in [0.717, 1.165) is 39.3 Å². The van der Waals surface area contributed by atoms with Crippen LogP contribution in [0.25, 0.3) is 5.70 Å². The van der Waals surface area contributed by atoms with Crippen LogP contribution in [0.3, 0.4) is 0 Å². The molecule has 0 saturated carbocycles. The van der Waals surface area contributed by atoms with Gasteiger partial charge in [0.15, 0.2) is 0 Å². The summed E-state index contributed by atoms with van der Waals surface area (Å²) >= 11 is 0. The van der Waals surface area contributed by atoms with Gasteiger partial charge in [-0.1, -0.05) is 53.6 Å². The van der Waals surface area contributed by atoms with Crippen LogP contribution in [0.15, 0.2) is 78.6 Å². The molecule has 3 heterocycles. The number of hydrogen-bond acceptors (Lipinski definition) is 6. The van der Waals surface area contributed by atoms with E-state index < -0.39 is 6.10 Å². The van der Waals surface area contributed by atoms with Crippen molar-refractivity contribution >= 4 is 17.6 Å². The second-order valence-corrected chi connectivity index (χ2v) is 8.91. The third kappa shape index (κ3) is 3.47. The molecule has 0 aliphatic carbocycles. The Morgan fingerprint density at radius 3 is 2.43 bits per heavy atom. The number of fused-ring (bicyclic) bond motifs is 3. The summed E-state index contributed by atoms with van der Waals surface area (Å²) in [5.41, 5.74) is 7.85. The first-order valence-electron chi connectivity index (χ1n) is 11.5. The van der Waals surface area contributed by atoms with Crippen molar-refractivity contribution in [2.45, 2.75) is 26.0 Å². The Morgan fingerprint density at radius 1 is 0.971 bits per heavy atom. The number of hydrogen-bond donors (Lipinski definition) is 1. The molecule has 0 saturated heterocycles. The average molecular weight is 465 g/mol. The fourth-order valence-corrected chi connectivity index (χ4v) is 4.84. The Balaban J connectivity index is 1.57. The highest BCUT2D eigenvalue weighted by molar-refractivity contribution is 5.89. The Morgan fingerprint density at radius 2 is 1.69 bits per heavy atom. The van der Waals surface area contributed by atoms with E-state index in [1.165, 1.54) is 12.7 Å². The summed E-state index contributed by atoms with van der Waals surface area (Å²) in [7, 11) is 1.38. The molecule has 0 spiro atoms. The van der Waals surface area contributed by atoms with Crippen LogP contribution in [0.1, 0.15) is 50.3 Å². The van der Waals surface area contributed by atoms with Crippen molar-refractivity contribution in [2.75, 3.05) is 12.4 Å². The first-order chi connectivity index (χ1) is 17.0. The highest BCUT2D eigenvalue weighted by atomic mass is 16.5. The number of benzene rings is 3. The van der Waals surface area contributed by atoms with Crippen LogP contribution in [-0.4, -0.2) is 27.8 Å². The average Bonchev–Trinajstić information content (AvgIpc) is 3.36. The number of esters is 1. The highest BCUT2D eigenvalue weighted by Crippen LogP contribution is 2.50. The Labute approximate surface area is 203 Å². The molecule has 1 N–H and O–H groups in total. The molecular weight excluding hydrogens is 440 g/mol. The second kappa shape index (κ2) is 8.13. The third-order valence-corrected chi connectivity index (χ3v) is 6.60. The maximum absolute atomic E-state index is 12.0. The van der Waals surface area contributed by atoms with E-state index in [4.69, 9.17) is 9.47 Å². The molecule has 2 atom stereocenters.